The molecule has 2 N–H and O–H groups in total. The van der Waals surface area contributed by atoms with Crippen molar-refractivity contribution in [3.05, 3.63) is 24.1 Å². The van der Waals surface area contributed by atoms with Gasteiger partial charge in [-0.15, -0.1) is 0 Å². The van der Waals surface area contributed by atoms with Gasteiger partial charge in [0.1, 0.15) is 11.3 Å². The van der Waals surface area contributed by atoms with Crippen molar-refractivity contribution in [1.29, 1.82) is 0 Å². The number of nitrogens with two attached hydrogens (primary N) is 1. The summed E-state index contributed by atoms with van der Waals surface area (Å²) in [6.45, 7) is 2.04. The molecule has 1 aromatic carbocycles. The molecule has 2 rings (SSSR count). The zero-order valence-electron chi connectivity index (χ0n) is 10.9. The Morgan fingerprint density at radius 1 is 1.32 bits per heavy atom. The first-order valence-corrected chi connectivity index (χ1v) is 8.17. The number of hydrogen-bond donors (Lipinski definition) is 1. The lowest BCUT2D eigenvalue weighted by molar-refractivity contribution is 0.539. The van der Waals surface area contributed by atoms with Gasteiger partial charge < -0.3 is 10.2 Å². The van der Waals surface area contributed by atoms with Gasteiger partial charge in [0.25, 0.3) is 0 Å². The Morgan fingerprint density at radius 2 is 2.11 bits per heavy atom. The van der Waals surface area contributed by atoms with E-state index in [1.807, 2.05) is 6.92 Å². The monoisotopic (exact) mass is 282 g/mol. The Bertz CT molecular complexity index is 662. The summed E-state index contributed by atoms with van der Waals surface area (Å²) in [5.41, 5.74) is 7.36. The average molecular weight is 282 g/mol. The topological polar surface area (TPSA) is 86.2 Å². The van der Waals surface area contributed by atoms with E-state index in [2.05, 4.69) is 4.98 Å². The highest BCUT2D eigenvalue weighted by Gasteiger charge is 2.16. The first kappa shape index (κ1) is 13.9. The molecule has 0 fully saturated rings. The molecule has 0 aliphatic carbocycles. The van der Waals surface area contributed by atoms with Crippen molar-refractivity contribution < 1.29 is 12.8 Å². The van der Waals surface area contributed by atoms with Gasteiger partial charge in [-0.2, -0.15) is 0 Å². The van der Waals surface area contributed by atoms with E-state index in [0.29, 0.717) is 23.2 Å². The van der Waals surface area contributed by atoms with Crippen molar-refractivity contribution in [1.82, 2.24) is 4.98 Å². The molecular formula is C13H18N2O3S. The largest absolute Gasteiger partial charge is 0.440 e. The number of oxazole rings is 1. The lowest BCUT2D eigenvalue weighted by Crippen LogP contribution is -2.09. The Morgan fingerprint density at radius 3 is 2.84 bits per heavy atom. The van der Waals surface area contributed by atoms with E-state index in [9.17, 15) is 8.42 Å². The molecule has 6 heteroatoms. The maximum atomic E-state index is 11.9. The number of fused-ring (bicyclic) bond motifs is 1. The van der Waals surface area contributed by atoms with Crippen molar-refractivity contribution in [2.45, 2.75) is 31.9 Å². The van der Waals surface area contributed by atoms with E-state index in [1.165, 1.54) is 0 Å². The fourth-order valence-electron chi connectivity index (χ4n) is 1.88. The highest BCUT2D eigenvalue weighted by atomic mass is 32.2. The van der Waals surface area contributed by atoms with Crippen LogP contribution in [0.3, 0.4) is 0 Å². The third-order valence-electron chi connectivity index (χ3n) is 2.86. The van der Waals surface area contributed by atoms with Crippen molar-refractivity contribution >= 4 is 26.6 Å². The summed E-state index contributed by atoms with van der Waals surface area (Å²) < 4.78 is 29.2. The molecule has 5 nitrogen and oxygen atoms in total. The zero-order chi connectivity index (χ0) is 13.9. The fourth-order valence-corrected chi connectivity index (χ4v) is 3.17. The smallest absolute Gasteiger partial charge is 0.210 e. The Kier molecular flexibility index (Phi) is 4.09. The first-order chi connectivity index (χ1) is 9.00. The Labute approximate surface area is 112 Å². The summed E-state index contributed by atoms with van der Waals surface area (Å²) in [4.78, 5) is 4.17. The molecule has 19 heavy (non-hydrogen) atoms. The minimum absolute atomic E-state index is 0.148. The molecule has 0 saturated carbocycles. The van der Waals surface area contributed by atoms with Gasteiger partial charge in [0.2, 0.25) is 5.89 Å². The summed E-state index contributed by atoms with van der Waals surface area (Å²) in [5.74, 6) is 0.268. The predicted octanol–water partition coefficient (Wildman–Crippen LogP) is 2.51. The standard InChI is InChI=1S/C13H18N2O3S/c1-2-3-4-7-19(16,17)9-13-15-11-6-5-10(14)8-12(11)18-13/h5-6,8H,2-4,7,9,14H2,1H3. The van der Waals surface area contributed by atoms with E-state index >= 15 is 0 Å². The van der Waals surface area contributed by atoms with Gasteiger partial charge in [0.15, 0.2) is 15.4 Å². The van der Waals surface area contributed by atoms with Gasteiger partial charge in [0, 0.05) is 11.8 Å². The van der Waals surface area contributed by atoms with Crippen LogP contribution in [0, 0.1) is 0 Å². The Hall–Kier alpha value is -1.56. The fraction of sp³-hybridized carbons (Fsp3) is 0.462. The van der Waals surface area contributed by atoms with E-state index in [1.54, 1.807) is 18.2 Å². The molecule has 0 radical (unpaired) electrons. The molecule has 0 atom stereocenters. The first-order valence-electron chi connectivity index (χ1n) is 6.35. The average Bonchev–Trinajstić information content (AvgIpc) is 2.69. The summed E-state index contributed by atoms with van der Waals surface area (Å²) in [6, 6.07) is 5.08. The molecule has 0 bridgehead atoms. The molecule has 0 unspecified atom stereocenters. The van der Waals surface area contributed by atoms with Gasteiger partial charge in [-0.05, 0) is 18.6 Å². The number of nitrogens with zero attached hydrogens (tertiary/aromatic N) is 1. The van der Waals surface area contributed by atoms with Crippen LogP contribution >= 0.6 is 0 Å². The van der Waals surface area contributed by atoms with Gasteiger partial charge in [-0.25, -0.2) is 13.4 Å². The molecule has 0 aliphatic rings. The molecule has 2 aromatic rings. The number of nitrogen functional groups attached to an aromatic ring is 1. The maximum absolute atomic E-state index is 11.9. The summed E-state index contributed by atoms with van der Waals surface area (Å²) in [7, 11) is -3.15. The highest BCUT2D eigenvalue weighted by molar-refractivity contribution is 7.90. The van der Waals surface area contributed by atoms with Crippen molar-refractivity contribution in [3.8, 4) is 0 Å². The van der Waals surface area contributed by atoms with E-state index in [4.69, 9.17) is 10.2 Å². The van der Waals surface area contributed by atoms with Crippen LogP contribution in [0.25, 0.3) is 11.1 Å². The molecule has 104 valence electrons. The summed E-state index contributed by atoms with van der Waals surface area (Å²) >= 11 is 0. The lowest BCUT2D eigenvalue weighted by Gasteiger charge is -2.00. The molecule has 0 amide bonds. The van der Waals surface area contributed by atoms with Gasteiger partial charge in [-0.1, -0.05) is 19.8 Å². The van der Waals surface area contributed by atoms with Crippen LogP contribution in [0.2, 0.25) is 0 Å². The second-order valence-corrected chi connectivity index (χ2v) is 6.82. The quantitative estimate of drug-likeness (QED) is 0.650. The van der Waals surface area contributed by atoms with Crippen LogP contribution in [-0.4, -0.2) is 19.2 Å². The second-order valence-electron chi connectivity index (χ2n) is 4.63. The number of aromatic nitrogens is 1. The van der Waals surface area contributed by atoms with E-state index in [-0.39, 0.29) is 17.4 Å². The minimum Gasteiger partial charge on any atom is -0.440 e. The number of unbranched alkanes of at least 4 members (excludes halogenated alkanes) is 2. The van der Waals surface area contributed by atoms with E-state index < -0.39 is 9.84 Å². The zero-order valence-corrected chi connectivity index (χ0v) is 11.7. The molecular weight excluding hydrogens is 264 g/mol. The van der Waals surface area contributed by atoms with Crippen molar-refractivity contribution in [2.24, 2.45) is 0 Å². The van der Waals surface area contributed by atoms with Crippen molar-refractivity contribution in [2.75, 3.05) is 11.5 Å². The molecule has 1 aromatic heterocycles. The molecule has 0 saturated heterocycles. The summed E-state index contributed by atoms with van der Waals surface area (Å²) in [6.07, 6.45) is 2.60. The highest BCUT2D eigenvalue weighted by Crippen LogP contribution is 2.20. The van der Waals surface area contributed by atoms with Crippen LogP contribution in [-0.2, 0) is 15.6 Å². The van der Waals surface area contributed by atoms with Gasteiger partial charge >= 0.3 is 0 Å². The minimum atomic E-state index is -3.15. The number of anilines is 1. The molecule has 1 heterocycles. The van der Waals surface area contributed by atoms with Gasteiger partial charge in [0.05, 0.1) is 5.75 Å². The van der Waals surface area contributed by atoms with Crippen LogP contribution in [0.4, 0.5) is 5.69 Å². The predicted molar refractivity (Wildman–Crippen MR) is 75.4 cm³/mol. The summed E-state index contributed by atoms with van der Waals surface area (Å²) in [5, 5.41) is 0. The van der Waals surface area contributed by atoms with Gasteiger partial charge in [-0.3, -0.25) is 0 Å². The Balaban J connectivity index is 2.12. The van der Waals surface area contributed by atoms with Crippen LogP contribution in [0.5, 0.6) is 0 Å². The second kappa shape index (κ2) is 5.61. The van der Waals surface area contributed by atoms with Crippen LogP contribution < -0.4 is 5.73 Å². The number of hydrogen-bond acceptors (Lipinski definition) is 5. The normalized spacial score (nSPS) is 12.1. The molecule has 0 spiro atoms. The third kappa shape index (κ3) is 3.70. The van der Waals surface area contributed by atoms with Crippen molar-refractivity contribution in [3.63, 3.8) is 0 Å². The third-order valence-corrected chi connectivity index (χ3v) is 4.46. The lowest BCUT2D eigenvalue weighted by atomic mass is 10.3. The van der Waals surface area contributed by atoms with Crippen LogP contribution in [0.15, 0.2) is 22.6 Å². The number of rotatable bonds is 6. The van der Waals surface area contributed by atoms with E-state index in [0.717, 1.165) is 12.8 Å². The SMILES string of the molecule is CCCCCS(=O)(=O)Cc1nc2ccc(N)cc2o1. The number of sulfone groups is 1. The van der Waals surface area contributed by atoms with Crippen LogP contribution in [0.1, 0.15) is 32.1 Å². The maximum Gasteiger partial charge on any atom is 0.210 e. The number of benzene rings is 1. The molecule has 0 aliphatic heterocycles.